The van der Waals surface area contributed by atoms with Crippen molar-refractivity contribution in [2.75, 3.05) is 13.2 Å². The number of hydrogen-bond acceptors (Lipinski definition) is 2. The number of para-hydroxylation sites is 1. The Morgan fingerprint density at radius 3 is 2.75 bits per heavy atom. The lowest BCUT2D eigenvalue weighted by Crippen LogP contribution is -2.32. The van der Waals surface area contributed by atoms with E-state index in [0.29, 0.717) is 19.1 Å². The Hall–Kier alpha value is -1.71. The van der Waals surface area contributed by atoms with Gasteiger partial charge >= 0.3 is 6.03 Å². The largest absolute Gasteiger partial charge is 0.491 e. The van der Waals surface area contributed by atoms with Gasteiger partial charge in [0.15, 0.2) is 0 Å². The number of carbonyl (C=O) groups excluding carboxylic acids is 1. The van der Waals surface area contributed by atoms with Crippen molar-refractivity contribution in [3.8, 4) is 5.75 Å². The molecule has 0 saturated heterocycles. The molecule has 0 aliphatic heterocycles. The summed E-state index contributed by atoms with van der Waals surface area (Å²) in [6.45, 7) is 5.07. The van der Waals surface area contributed by atoms with Gasteiger partial charge in [0, 0.05) is 0 Å². The molecule has 4 heteroatoms. The summed E-state index contributed by atoms with van der Waals surface area (Å²) in [7, 11) is 0. The molecule has 0 aliphatic rings. The molecule has 1 aromatic rings. The number of ether oxygens (including phenoxy) is 1. The van der Waals surface area contributed by atoms with E-state index in [2.05, 4.69) is 19.2 Å². The zero-order valence-electron chi connectivity index (χ0n) is 9.69. The predicted molar refractivity (Wildman–Crippen MR) is 63.6 cm³/mol. The first-order valence-corrected chi connectivity index (χ1v) is 5.36. The van der Waals surface area contributed by atoms with E-state index in [-0.39, 0.29) is 0 Å². The Morgan fingerprint density at radius 2 is 2.12 bits per heavy atom. The molecule has 0 fully saturated rings. The zero-order valence-corrected chi connectivity index (χ0v) is 9.69. The number of nitrogens with two attached hydrogens (primary N) is 1. The highest BCUT2D eigenvalue weighted by molar-refractivity contribution is 5.71. The molecule has 2 amide bonds. The van der Waals surface area contributed by atoms with E-state index >= 15 is 0 Å². The van der Waals surface area contributed by atoms with Gasteiger partial charge in [0.1, 0.15) is 12.4 Å². The number of hydrogen-bond donors (Lipinski definition) is 2. The molecule has 0 heterocycles. The molecule has 0 unspecified atom stereocenters. The number of rotatable bonds is 5. The van der Waals surface area contributed by atoms with Crippen LogP contribution in [0.3, 0.4) is 0 Å². The minimum Gasteiger partial charge on any atom is -0.491 e. The summed E-state index contributed by atoms with van der Waals surface area (Å²) in [6.07, 6.45) is 0. The molecular weight excluding hydrogens is 204 g/mol. The highest BCUT2D eigenvalue weighted by Gasteiger charge is 2.06. The first kappa shape index (κ1) is 12.4. The van der Waals surface area contributed by atoms with Crippen LogP contribution in [0.15, 0.2) is 24.3 Å². The minimum absolute atomic E-state index is 0.417. The van der Waals surface area contributed by atoms with Gasteiger partial charge in [-0.15, -0.1) is 0 Å². The maximum atomic E-state index is 10.4. The van der Waals surface area contributed by atoms with Gasteiger partial charge in [-0.3, -0.25) is 0 Å². The fraction of sp³-hybridized carbons (Fsp3) is 0.417. The molecule has 1 rings (SSSR count). The van der Waals surface area contributed by atoms with E-state index in [1.165, 1.54) is 5.56 Å². The number of amides is 2. The zero-order chi connectivity index (χ0) is 12.0. The second-order valence-corrected chi connectivity index (χ2v) is 3.83. The summed E-state index contributed by atoms with van der Waals surface area (Å²) in [4.78, 5) is 10.4. The summed E-state index contributed by atoms with van der Waals surface area (Å²) in [6, 6.07) is 7.37. The van der Waals surface area contributed by atoms with Gasteiger partial charge in [-0.25, -0.2) is 4.79 Å². The van der Waals surface area contributed by atoms with Crippen LogP contribution < -0.4 is 15.8 Å². The fourth-order valence-electron chi connectivity index (χ4n) is 1.42. The van der Waals surface area contributed by atoms with Crippen molar-refractivity contribution in [1.29, 1.82) is 0 Å². The van der Waals surface area contributed by atoms with Crippen LogP contribution in [0.1, 0.15) is 25.3 Å². The van der Waals surface area contributed by atoms with Gasteiger partial charge in [0.05, 0.1) is 6.54 Å². The van der Waals surface area contributed by atoms with Crippen LogP contribution in [-0.4, -0.2) is 19.2 Å². The van der Waals surface area contributed by atoms with Crippen LogP contribution in [0.4, 0.5) is 4.79 Å². The Morgan fingerprint density at radius 1 is 1.44 bits per heavy atom. The molecular formula is C12H18N2O2. The number of carbonyl (C=O) groups is 1. The SMILES string of the molecule is CC(C)c1ccccc1OCCNC(N)=O. The molecule has 0 atom stereocenters. The summed E-state index contributed by atoms with van der Waals surface area (Å²) in [5.74, 6) is 1.28. The molecule has 0 radical (unpaired) electrons. The van der Waals surface area contributed by atoms with Crippen LogP contribution >= 0.6 is 0 Å². The van der Waals surface area contributed by atoms with Crippen LogP contribution in [0.25, 0.3) is 0 Å². The van der Waals surface area contributed by atoms with E-state index in [1.54, 1.807) is 0 Å². The van der Waals surface area contributed by atoms with Crippen molar-refractivity contribution in [2.45, 2.75) is 19.8 Å². The minimum atomic E-state index is -0.527. The first-order valence-electron chi connectivity index (χ1n) is 5.36. The summed E-state index contributed by atoms with van der Waals surface area (Å²) in [5, 5.41) is 2.48. The second kappa shape index (κ2) is 6.00. The maximum absolute atomic E-state index is 10.4. The molecule has 0 saturated carbocycles. The molecule has 1 aromatic carbocycles. The van der Waals surface area contributed by atoms with Crippen molar-refractivity contribution in [3.63, 3.8) is 0 Å². The van der Waals surface area contributed by atoms with Gasteiger partial charge in [0.25, 0.3) is 0 Å². The Balaban J connectivity index is 2.50. The topological polar surface area (TPSA) is 64.3 Å². The summed E-state index contributed by atoms with van der Waals surface area (Å²) < 4.78 is 5.58. The van der Waals surface area contributed by atoms with E-state index in [4.69, 9.17) is 10.5 Å². The lowest BCUT2D eigenvalue weighted by Gasteiger charge is -2.13. The highest BCUT2D eigenvalue weighted by atomic mass is 16.5. The fourth-order valence-corrected chi connectivity index (χ4v) is 1.42. The van der Waals surface area contributed by atoms with Crippen molar-refractivity contribution in [1.82, 2.24) is 5.32 Å². The number of primary amides is 1. The quantitative estimate of drug-likeness (QED) is 0.747. The predicted octanol–water partition coefficient (Wildman–Crippen LogP) is 1.86. The van der Waals surface area contributed by atoms with Crippen molar-refractivity contribution >= 4 is 6.03 Å². The third-order valence-corrected chi connectivity index (χ3v) is 2.20. The maximum Gasteiger partial charge on any atom is 0.312 e. The van der Waals surface area contributed by atoms with Crippen LogP contribution in [0.5, 0.6) is 5.75 Å². The Bertz CT molecular complexity index is 351. The molecule has 3 N–H and O–H groups in total. The van der Waals surface area contributed by atoms with Gasteiger partial charge in [-0.2, -0.15) is 0 Å². The summed E-state index contributed by atoms with van der Waals surface area (Å²) >= 11 is 0. The average molecular weight is 222 g/mol. The number of nitrogens with one attached hydrogen (secondary N) is 1. The van der Waals surface area contributed by atoms with E-state index in [0.717, 1.165) is 5.75 Å². The molecule has 0 aromatic heterocycles. The lowest BCUT2D eigenvalue weighted by molar-refractivity contribution is 0.244. The van der Waals surface area contributed by atoms with E-state index in [1.807, 2.05) is 24.3 Å². The molecule has 16 heavy (non-hydrogen) atoms. The smallest absolute Gasteiger partial charge is 0.312 e. The molecule has 0 spiro atoms. The molecule has 0 aliphatic carbocycles. The van der Waals surface area contributed by atoms with Gasteiger partial charge in [-0.1, -0.05) is 32.0 Å². The van der Waals surface area contributed by atoms with Crippen molar-refractivity contribution in [3.05, 3.63) is 29.8 Å². The van der Waals surface area contributed by atoms with Gasteiger partial charge in [-0.05, 0) is 17.5 Å². The number of benzene rings is 1. The molecule has 0 bridgehead atoms. The normalized spacial score (nSPS) is 10.2. The molecule has 88 valence electrons. The van der Waals surface area contributed by atoms with E-state index < -0.39 is 6.03 Å². The van der Waals surface area contributed by atoms with Gasteiger partial charge < -0.3 is 15.8 Å². The van der Waals surface area contributed by atoms with Crippen LogP contribution in [0.2, 0.25) is 0 Å². The van der Waals surface area contributed by atoms with Crippen molar-refractivity contribution in [2.24, 2.45) is 5.73 Å². The van der Waals surface area contributed by atoms with Crippen LogP contribution in [-0.2, 0) is 0 Å². The first-order chi connectivity index (χ1) is 7.61. The third kappa shape index (κ3) is 3.81. The van der Waals surface area contributed by atoms with E-state index in [9.17, 15) is 4.79 Å². The van der Waals surface area contributed by atoms with Crippen LogP contribution in [0, 0.1) is 0 Å². The second-order valence-electron chi connectivity index (χ2n) is 3.83. The lowest BCUT2D eigenvalue weighted by atomic mass is 10.0. The standard InChI is InChI=1S/C12H18N2O2/c1-9(2)10-5-3-4-6-11(10)16-8-7-14-12(13)15/h3-6,9H,7-8H2,1-2H3,(H3,13,14,15). The third-order valence-electron chi connectivity index (χ3n) is 2.20. The molecule has 4 nitrogen and oxygen atoms in total. The number of urea groups is 1. The summed E-state index contributed by atoms with van der Waals surface area (Å²) in [5.41, 5.74) is 6.11. The Labute approximate surface area is 95.8 Å². The van der Waals surface area contributed by atoms with Gasteiger partial charge in [0.2, 0.25) is 0 Å². The van der Waals surface area contributed by atoms with Crippen molar-refractivity contribution < 1.29 is 9.53 Å². The monoisotopic (exact) mass is 222 g/mol. The Kier molecular flexibility index (Phi) is 4.64. The average Bonchev–Trinajstić information content (AvgIpc) is 2.24. The highest BCUT2D eigenvalue weighted by Crippen LogP contribution is 2.25.